The number of carbonyl (C=O) groups is 1. The minimum absolute atomic E-state index is 0.147. The zero-order chi connectivity index (χ0) is 12.4. The van der Waals surface area contributed by atoms with E-state index in [1.165, 1.54) is 0 Å². The van der Waals surface area contributed by atoms with E-state index in [1.807, 2.05) is 12.1 Å². The minimum Gasteiger partial charge on any atom is -0.496 e. The van der Waals surface area contributed by atoms with Crippen LogP contribution in [0.3, 0.4) is 0 Å². The van der Waals surface area contributed by atoms with Crippen LogP contribution in [-0.2, 0) is 0 Å². The molecule has 0 saturated heterocycles. The molecule has 1 aromatic carbocycles. The summed E-state index contributed by atoms with van der Waals surface area (Å²) in [6.07, 6.45) is 0. The predicted octanol–water partition coefficient (Wildman–Crippen LogP) is 2.36. The highest BCUT2D eigenvalue weighted by molar-refractivity contribution is 5.88. The molecule has 0 aliphatic carbocycles. The molecule has 0 radical (unpaired) electrons. The lowest BCUT2D eigenvalue weighted by Gasteiger charge is -2.05. The van der Waals surface area contributed by atoms with Crippen LogP contribution >= 0.6 is 0 Å². The summed E-state index contributed by atoms with van der Waals surface area (Å²) in [5.74, 6) is -0.650. The molecule has 0 aliphatic heterocycles. The second-order valence-corrected chi connectivity index (χ2v) is 3.49. The van der Waals surface area contributed by atoms with Crippen molar-refractivity contribution in [2.75, 3.05) is 7.11 Å². The summed E-state index contributed by atoms with van der Waals surface area (Å²) < 4.78 is 10.0. The van der Waals surface area contributed by atoms with Crippen LogP contribution in [0.1, 0.15) is 16.1 Å². The third-order valence-electron chi connectivity index (χ3n) is 2.48. The normalized spacial score (nSPS) is 10.2. The van der Waals surface area contributed by atoms with E-state index >= 15 is 0 Å². The number of carboxylic acid groups (broad SMARTS) is 1. The van der Waals surface area contributed by atoms with E-state index in [-0.39, 0.29) is 5.76 Å². The lowest BCUT2D eigenvalue weighted by Crippen LogP contribution is -1.96. The highest BCUT2D eigenvalue weighted by atomic mass is 16.5. The Kier molecular flexibility index (Phi) is 2.82. The van der Waals surface area contributed by atoms with Crippen LogP contribution in [0.5, 0.6) is 5.75 Å². The molecule has 1 N–H and O–H groups in total. The second kappa shape index (κ2) is 4.29. The molecular weight excluding hydrogens is 222 g/mol. The molecule has 0 unspecified atom stereocenters. The summed E-state index contributed by atoms with van der Waals surface area (Å²) >= 11 is 0. The molecule has 0 fully saturated rings. The van der Waals surface area contributed by atoms with Gasteiger partial charge in [-0.1, -0.05) is 17.3 Å². The molecular formula is C12H11NO4. The molecule has 0 saturated carbocycles. The fourth-order valence-corrected chi connectivity index (χ4v) is 1.63. The van der Waals surface area contributed by atoms with Gasteiger partial charge in [0.15, 0.2) is 0 Å². The number of rotatable bonds is 3. The molecule has 5 heteroatoms. The number of methoxy groups -OCH3 is 1. The molecule has 88 valence electrons. The van der Waals surface area contributed by atoms with E-state index in [0.717, 1.165) is 0 Å². The fourth-order valence-electron chi connectivity index (χ4n) is 1.63. The molecule has 2 rings (SSSR count). The summed E-state index contributed by atoms with van der Waals surface area (Å²) in [5.41, 5.74) is 1.69. The van der Waals surface area contributed by atoms with Gasteiger partial charge in [0.1, 0.15) is 11.4 Å². The maximum Gasteiger partial charge on any atom is 0.375 e. The first kappa shape index (κ1) is 11.2. The van der Waals surface area contributed by atoms with Gasteiger partial charge in [0.05, 0.1) is 7.11 Å². The summed E-state index contributed by atoms with van der Waals surface area (Å²) in [4.78, 5) is 10.9. The number of hydrogen-bond donors (Lipinski definition) is 1. The smallest absolute Gasteiger partial charge is 0.375 e. The minimum atomic E-state index is -1.13. The summed E-state index contributed by atoms with van der Waals surface area (Å²) in [5, 5.41) is 12.7. The van der Waals surface area contributed by atoms with Crippen molar-refractivity contribution in [3.8, 4) is 17.0 Å². The summed E-state index contributed by atoms with van der Waals surface area (Å²) in [6.45, 7) is 1.65. The van der Waals surface area contributed by atoms with Crippen LogP contribution in [-0.4, -0.2) is 23.3 Å². The number of nitrogens with zero attached hydrogens (tertiary/aromatic N) is 1. The van der Waals surface area contributed by atoms with Crippen LogP contribution in [0, 0.1) is 6.92 Å². The Hall–Kier alpha value is -2.30. The van der Waals surface area contributed by atoms with Crippen molar-refractivity contribution in [1.29, 1.82) is 0 Å². The summed E-state index contributed by atoms with van der Waals surface area (Å²) in [7, 11) is 1.55. The number of hydrogen-bond acceptors (Lipinski definition) is 4. The van der Waals surface area contributed by atoms with Crippen molar-refractivity contribution in [3.05, 3.63) is 35.6 Å². The average Bonchev–Trinajstić information content (AvgIpc) is 2.71. The first-order valence-electron chi connectivity index (χ1n) is 4.98. The molecule has 0 spiro atoms. The van der Waals surface area contributed by atoms with Gasteiger partial charge in [-0.25, -0.2) is 4.79 Å². The maximum absolute atomic E-state index is 10.9. The maximum atomic E-state index is 10.9. The molecule has 0 atom stereocenters. The van der Waals surface area contributed by atoms with Crippen LogP contribution < -0.4 is 4.74 Å². The zero-order valence-corrected chi connectivity index (χ0v) is 9.43. The number of aromatic carboxylic acids is 1. The lowest BCUT2D eigenvalue weighted by molar-refractivity contribution is 0.0651. The molecule has 2 aromatic rings. The topological polar surface area (TPSA) is 72.6 Å². The quantitative estimate of drug-likeness (QED) is 0.880. The van der Waals surface area contributed by atoms with Crippen molar-refractivity contribution >= 4 is 5.97 Å². The van der Waals surface area contributed by atoms with Gasteiger partial charge in [-0.3, -0.25) is 0 Å². The largest absolute Gasteiger partial charge is 0.496 e. The average molecular weight is 233 g/mol. The highest BCUT2D eigenvalue weighted by Crippen LogP contribution is 2.32. The molecule has 0 bridgehead atoms. The van der Waals surface area contributed by atoms with Gasteiger partial charge in [0.25, 0.3) is 0 Å². The Morgan fingerprint density at radius 3 is 2.71 bits per heavy atom. The monoisotopic (exact) mass is 233 g/mol. The molecule has 5 nitrogen and oxygen atoms in total. The Labute approximate surface area is 97.6 Å². The lowest BCUT2D eigenvalue weighted by atomic mass is 10.1. The predicted molar refractivity (Wildman–Crippen MR) is 60.2 cm³/mol. The van der Waals surface area contributed by atoms with E-state index in [9.17, 15) is 4.79 Å². The Balaban J connectivity index is 2.57. The first-order valence-corrected chi connectivity index (χ1v) is 4.98. The fraction of sp³-hybridized carbons (Fsp3) is 0.167. The molecule has 0 amide bonds. The van der Waals surface area contributed by atoms with E-state index in [1.54, 1.807) is 26.2 Å². The van der Waals surface area contributed by atoms with Crippen LogP contribution in [0.2, 0.25) is 0 Å². The third kappa shape index (κ3) is 1.87. The van der Waals surface area contributed by atoms with Crippen molar-refractivity contribution in [2.24, 2.45) is 0 Å². The van der Waals surface area contributed by atoms with E-state index in [0.29, 0.717) is 22.6 Å². The van der Waals surface area contributed by atoms with Crippen molar-refractivity contribution < 1.29 is 19.2 Å². The highest BCUT2D eigenvalue weighted by Gasteiger charge is 2.20. The van der Waals surface area contributed by atoms with Crippen molar-refractivity contribution in [1.82, 2.24) is 5.16 Å². The van der Waals surface area contributed by atoms with Gasteiger partial charge >= 0.3 is 5.97 Å². The Bertz CT molecular complexity index is 559. The van der Waals surface area contributed by atoms with Crippen molar-refractivity contribution in [2.45, 2.75) is 6.92 Å². The number of ether oxygens (including phenoxy) is 1. The second-order valence-electron chi connectivity index (χ2n) is 3.49. The zero-order valence-electron chi connectivity index (χ0n) is 9.43. The van der Waals surface area contributed by atoms with Gasteiger partial charge in [0, 0.05) is 11.1 Å². The van der Waals surface area contributed by atoms with Crippen LogP contribution in [0.15, 0.2) is 28.8 Å². The number of benzene rings is 1. The van der Waals surface area contributed by atoms with E-state index in [4.69, 9.17) is 14.4 Å². The van der Waals surface area contributed by atoms with Gasteiger partial charge in [-0.15, -0.1) is 0 Å². The van der Waals surface area contributed by atoms with Gasteiger partial charge in [-0.2, -0.15) is 0 Å². The van der Waals surface area contributed by atoms with E-state index < -0.39 is 5.97 Å². The molecule has 0 aliphatic rings. The van der Waals surface area contributed by atoms with Gasteiger partial charge in [-0.05, 0) is 19.1 Å². The number of aromatic nitrogens is 1. The number of carboxylic acids is 1. The first-order chi connectivity index (χ1) is 8.15. The summed E-state index contributed by atoms with van der Waals surface area (Å²) in [6, 6.07) is 7.24. The standard InChI is InChI=1S/C12H11NO4/c1-7-10(13-17-11(7)12(14)15)8-5-3-4-6-9(8)16-2/h3-6H,1-2H3,(H,14,15). The van der Waals surface area contributed by atoms with E-state index in [2.05, 4.69) is 5.16 Å². The van der Waals surface area contributed by atoms with Crippen molar-refractivity contribution in [3.63, 3.8) is 0 Å². The number of para-hydroxylation sites is 1. The SMILES string of the molecule is COc1ccccc1-c1noc(C(=O)O)c1C. The molecule has 1 heterocycles. The van der Waals surface area contributed by atoms with Crippen LogP contribution in [0.25, 0.3) is 11.3 Å². The Morgan fingerprint density at radius 1 is 1.41 bits per heavy atom. The molecule has 1 aromatic heterocycles. The van der Waals surface area contributed by atoms with Gasteiger partial charge < -0.3 is 14.4 Å². The van der Waals surface area contributed by atoms with Crippen LogP contribution in [0.4, 0.5) is 0 Å². The Morgan fingerprint density at radius 2 is 2.12 bits per heavy atom. The third-order valence-corrected chi connectivity index (χ3v) is 2.48. The van der Waals surface area contributed by atoms with Gasteiger partial charge in [0.2, 0.25) is 5.76 Å². The molecule has 17 heavy (non-hydrogen) atoms.